The van der Waals surface area contributed by atoms with Crippen molar-refractivity contribution in [2.45, 2.75) is 18.9 Å². The highest BCUT2D eigenvalue weighted by Crippen LogP contribution is 2.18. The number of nitrogens with one attached hydrogen (secondary N) is 2. The molecular formula is C22H24N4O. The Morgan fingerprint density at radius 2 is 1.78 bits per heavy atom. The third-order valence-electron chi connectivity index (χ3n) is 5.13. The maximum atomic E-state index is 12.9. The minimum absolute atomic E-state index is 0.0969. The maximum absolute atomic E-state index is 12.9. The number of hydrogen-bond acceptors (Lipinski definition) is 3. The number of nitrogens with zero attached hydrogens (tertiary/aromatic N) is 2. The lowest BCUT2D eigenvalue weighted by molar-refractivity contribution is 0.0703. The second-order valence-electron chi connectivity index (χ2n) is 6.97. The molecule has 1 saturated heterocycles. The van der Waals surface area contributed by atoms with E-state index in [9.17, 15) is 4.79 Å². The number of aromatic amines is 1. The van der Waals surface area contributed by atoms with Crippen LogP contribution in [0.5, 0.6) is 0 Å². The molecule has 5 heteroatoms. The van der Waals surface area contributed by atoms with E-state index in [1.54, 1.807) is 0 Å². The zero-order valence-corrected chi connectivity index (χ0v) is 15.3. The number of H-pyrrole nitrogens is 1. The van der Waals surface area contributed by atoms with E-state index in [0.717, 1.165) is 37.1 Å². The van der Waals surface area contributed by atoms with Crippen LogP contribution in [-0.2, 0) is 12.8 Å². The highest BCUT2D eigenvalue weighted by molar-refractivity contribution is 5.94. The largest absolute Gasteiger partial charge is 0.335 e. The molecule has 0 saturated carbocycles. The number of carbonyl (C=O) groups is 1. The van der Waals surface area contributed by atoms with Crippen molar-refractivity contribution in [3.63, 3.8) is 0 Å². The summed E-state index contributed by atoms with van der Waals surface area (Å²) in [6, 6.07) is 18.7. The van der Waals surface area contributed by atoms with Crippen molar-refractivity contribution in [3.8, 4) is 0 Å². The molecule has 1 fully saturated rings. The molecule has 2 heterocycles. The van der Waals surface area contributed by atoms with Crippen LogP contribution in [0.1, 0.15) is 33.1 Å². The molecule has 1 aromatic heterocycles. The minimum atomic E-state index is 0.0969. The molecule has 1 atom stereocenters. The van der Waals surface area contributed by atoms with Gasteiger partial charge in [-0.3, -0.25) is 9.89 Å². The topological polar surface area (TPSA) is 61.0 Å². The van der Waals surface area contributed by atoms with E-state index < -0.39 is 0 Å². The van der Waals surface area contributed by atoms with Gasteiger partial charge in [-0.05, 0) is 36.1 Å². The van der Waals surface area contributed by atoms with Gasteiger partial charge in [-0.2, -0.15) is 5.10 Å². The predicted molar refractivity (Wildman–Crippen MR) is 106 cm³/mol. The van der Waals surface area contributed by atoms with Crippen LogP contribution in [0.15, 0.2) is 67.0 Å². The zero-order chi connectivity index (χ0) is 18.5. The molecule has 138 valence electrons. The van der Waals surface area contributed by atoms with Crippen molar-refractivity contribution in [2.24, 2.45) is 0 Å². The Morgan fingerprint density at radius 3 is 2.48 bits per heavy atom. The molecule has 1 amide bonds. The second-order valence-corrected chi connectivity index (χ2v) is 6.97. The fourth-order valence-electron chi connectivity index (χ4n) is 3.54. The van der Waals surface area contributed by atoms with E-state index in [-0.39, 0.29) is 11.9 Å². The van der Waals surface area contributed by atoms with Gasteiger partial charge < -0.3 is 10.2 Å². The van der Waals surface area contributed by atoms with Crippen LogP contribution in [0.2, 0.25) is 0 Å². The predicted octanol–water partition coefficient (Wildman–Crippen LogP) is 2.98. The number of hydrogen-bond donors (Lipinski definition) is 2. The summed E-state index contributed by atoms with van der Waals surface area (Å²) in [5.41, 5.74) is 4.44. The van der Waals surface area contributed by atoms with E-state index >= 15 is 0 Å². The van der Waals surface area contributed by atoms with Crippen molar-refractivity contribution in [2.75, 3.05) is 19.6 Å². The van der Waals surface area contributed by atoms with Crippen LogP contribution < -0.4 is 5.32 Å². The molecule has 0 bridgehead atoms. The lowest BCUT2D eigenvalue weighted by atomic mass is 10.0. The van der Waals surface area contributed by atoms with Crippen molar-refractivity contribution >= 4 is 5.91 Å². The number of piperazine rings is 1. The minimum Gasteiger partial charge on any atom is -0.335 e. The Hall–Kier alpha value is -2.92. The summed E-state index contributed by atoms with van der Waals surface area (Å²) in [5.74, 6) is 0.0969. The van der Waals surface area contributed by atoms with E-state index in [4.69, 9.17) is 0 Å². The Labute approximate surface area is 159 Å². The summed E-state index contributed by atoms with van der Waals surface area (Å²) >= 11 is 0. The number of aryl methyl sites for hydroxylation is 2. The molecule has 4 rings (SSSR count). The number of rotatable bonds is 5. The van der Waals surface area contributed by atoms with Crippen LogP contribution in [-0.4, -0.2) is 40.6 Å². The summed E-state index contributed by atoms with van der Waals surface area (Å²) in [6.07, 6.45) is 5.69. The van der Waals surface area contributed by atoms with Crippen molar-refractivity contribution in [3.05, 3.63) is 89.2 Å². The highest BCUT2D eigenvalue weighted by Gasteiger charge is 2.25. The second kappa shape index (κ2) is 8.18. The lowest BCUT2D eigenvalue weighted by Crippen LogP contribution is -2.48. The van der Waals surface area contributed by atoms with Crippen LogP contribution >= 0.6 is 0 Å². The van der Waals surface area contributed by atoms with Crippen LogP contribution in [0, 0.1) is 0 Å². The van der Waals surface area contributed by atoms with E-state index in [1.165, 1.54) is 11.1 Å². The summed E-state index contributed by atoms with van der Waals surface area (Å²) in [4.78, 5) is 14.8. The molecular weight excluding hydrogens is 336 g/mol. The van der Waals surface area contributed by atoms with Gasteiger partial charge in [0.05, 0.1) is 12.2 Å². The summed E-state index contributed by atoms with van der Waals surface area (Å²) in [7, 11) is 0. The summed E-state index contributed by atoms with van der Waals surface area (Å²) in [5, 5.41) is 10.3. The van der Waals surface area contributed by atoms with Gasteiger partial charge in [0.25, 0.3) is 5.91 Å². The van der Waals surface area contributed by atoms with Gasteiger partial charge in [-0.25, -0.2) is 0 Å². The molecule has 1 aliphatic rings. The van der Waals surface area contributed by atoms with Gasteiger partial charge in [0.1, 0.15) is 0 Å². The first-order valence-electron chi connectivity index (χ1n) is 9.44. The number of carbonyl (C=O) groups excluding carboxylic acids is 1. The van der Waals surface area contributed by atoms with Gasteiger partial charge in [0, 0.05) is 37.0 Å². The molecule has 0 aliphatic carbocycles. The zero-order valence-electron chi connectivity index (χ0n) is 15.3. The Kier molecular flexibility index (Phi) is 5.30. The standard InChI is InChI=1S/C22H24N4O/c27-22(26-13-12-23-21(16-26)20-14-24-25-15-20)19-10-8-18(9-11-19)7-6-17-4-2-1-3-5-17/h1-5,8-11,14-15,21,23H,6-7,12-13,16H2,(H,24,25). The first-order chi connectivity index (χ1) is 13.3. The molecule has 3 aromatic rings. The van der Waals surface area contributed by atoms with Crippen molar-refractivity contribution < 1.29 is 4.79 Å². The Balaban J connectivity index is 1.37. The summed E-state index contributed by atoms with van der Waals surface area (Å²) < 4.78 is 0. The van der Waals surface area contributed by atoms with Gasteiger partial charge in [-0.1, -0.05) is 42.5 Å². The molecule has 1 unspecified atom stereocenters. The SMILES string of the molecule is O=C(c1ccc(CCc2ccccc2)cc1)N1CCNC(c2cn[nH]c2)C1. The van der Waals surface area contributed by atoms with E-state index in [0.29, 0.717) is 6.54 Å². The molecule has 0 radical (unpaired) electrons. The van der Waals surface area contributed by atoms with Crippen LogP contribution in [0.3, 0.4) is 0 Å². The Bertz CT molecular complexity index is 859. The number of aromatic nitrogens is 2. The fourth-order valence-corrected chi connectivity index (χ4v) is 3.54. The van der Waals surface area contributed by atoms with E-state index in [2.05, 4.69) is 51.9 Å². The lowest BCUT2D eigenvalue weighted by Gasteiger charge is -2.33. The summed E-state index contributed by atoms with van der Waals surface area (Å²) in [6.45, 7) is 2.17. The third kappa shape index (κ3) is 4.26. The molecule has 2 N–H and O–H groups in total. The van der Waals surface area contributed by atoms with Gasteiger partial charge >= 0.3 is 0 Å². The van der Waals surface area contributed by atoms with Crippen molar-refractivity contribution in [1.82, 2.24) is 20.4 Å². The number of amides is 1. The quantitative estimate of drug-likeness (QED) is 0.735. The highest BCUT2D eigenvalue weighted by atomic mass is 16.2. The van der Waals surface area contributed by atoms with Crippen molar-refractivity contribution in [1.29, 1.82) is 0 Å². The fraction of sp³-hybridized carbons (Fsp3) is 0.273. The molecule has 27 heavy (non-hydrogen) atoms. The average molecular weight is 360 g/mol. The third-order valence-corrected chi connectivity index (χ3v) is 5.13. The van der Waals surface area contributed by atoms with Crippen LogP contribution in [0.25, 0.3) is 0 Å². The monoisotopic (exact) mass is 360 g/mol. The number of benzene rings is 2. The molecule has 0 spiro atoms. The van der Waals surface area contributed by atoms with Crippen LogP contribution in [0.4, 0.5) is 0 Å². The first kappa shape index (κ1) is 17.5. The normalized spacial score (nSPS) is 17.0. The van der Waals surface area contributed by atoms with Gasteiger partial charge in [-0.15, -0.1) is 0 Å². The molecule has 1 aliphatic heterocycles. The molecule has 2 aromatic carbocycles. The molecule has 5 nitrogen and oxygen atoms in total. The average Bonchev–Trinajstić information content (AvgIpc) is 3.28. The smallest absolute Gasteiger partial charge is 0.253 e. The van der Waals surface area contributed by atoms with E-state index in [1.807, 2.05) is 35.5 Å². The van der Waals surface area contributed by atoms with Gasteiger partial charge in [0.2, 0.25) is 0 Å². The first-order valence-corrected chi connectivity index (χ1v) is 9.44. The maximum Gasteiger partial charge on any atom is 0.253 e. The van der Waals surface area contributed by atoms with Gasteiger partial charge in [0.15, 0.2) is 0 Å². The Morgan fingerprint density at radius 1 is 1.04 bits per heavy atom.